The number of halogens is 1. The summed E-state index contributed by atoms with van der Waals surface area (Å²) in [5, 5.41) is 3.63. The van der Waals surface area contributed by atoms with E-state index in [0.717, 1.165) is 19.3 Å². The van der Waals surface area contributed by atoms with Gasteiger partial charge in [-0.05, 0) is 33.1 Å². The molecule has 0 amide bonds. The van der Waals surface area contributed by atoms with Gasteiger partial charge in [0.1, 0.15) is 0 Å². The minimum absolute atomic E-state index is 0.403. The van der Waals surface area contributed by atoms with E-state index in [2.05, 4.69) is 54.3 Å². The molecule has 0 aromatic rings. The average Bonchev–Trinajstić information content (AvgIpc) is 2.09. The van der Waals surface area contributed by atoms with E-state index in [4.69, 9.17) is 0 Å². The molecule has 1 N–H and O–H groups in total. The summed E-state index contributed by atoms with van der Waals surface area (Å²) in [6, 6.07) is 0.939. The van der Waals surface area contributed by atoms with Crippen molar-refractivity contribution in [3.05, 3.63) is 34.9 Å². The fourth-order valence-electron chi connectivity index (χ4n) is 1.90. The maximum Gasteiger partial charge on any atom is 0.0422 e. The first-order chi connectivity index (χ1) is 6.99. The fourth-order valence-corrected chi connectivity index (χ4v) is 2.38. The molecule has 0 radical (unpaired) electrons. The van der Waals surface area contributed by atoms with E-state index >= 15 is 0 Å². The first kappa shape index (κ1) is 12.7. The monoisotopic (exact) mass is 269 g/mol. The van der Waals surface area contributed by atoms with Crippen molar-refractivity contribution >= 4 is 15.9 Å². The van der Waals surface area contributed by atoms with Crippen LogP contribution < -0.4 is 5.32 Å². The van der Waals surface area contributed by atoms with Crippen LogP contribution in [0.15, 0.2) is 34.9 Å². The minimum Gasteiger partial charge on any atom is -0.306 e. The maximum atomic E-state index is 3.96. The predicted octanol–water partition coefficient (Wildman–Crippen LogP) is 3.93. The van der Waals surface area contributed by atoms with Crippen LogP contribution in [0, 0.1) is 0 Å². The number of hydrogen-bond donors (Lipinski definition) is 1. The fraction of sp³-hybridized carbons (Fsp3) is 0.538. The van der Waals surface area contributed by atoms with Crippen molar-refractivity contribution in [1.82, 2.24) is 5.32 Å². The van der Waals surface area contributed by atoms with Crippen molar-refractivity contribution in [2.45, 2.75) is 45.2 Å². The van der Waals surface area contributed by atoms with Gasteiger partial charge in [-0.25, -0.2) is 0 Å². The Bertz CT molecular complexity index is 291. The Morgan fingerprint density at radius 1 is 1.40 bits per heavy atom. The van der Waals surface area contributed by atoms with Crippen molar-refractivity contribution in [3.8, 4) is 0 Å². The Balaban J connectivity index is 2.57. The van der Waals surface area contributed by atoms with Gasteiger partial charge < -0.3 is 5.32 Å². The van der Waals surface area contributed by atoms with Crippen LogP contribution >= 0.6 is 15.9 Å². The second-order valence-corrected chi connectivity index (χ2v) is 5.48. The molecule has 0 saturated carbocycles. The molecule has 2 heteroatoms. The highest BCUT2D eigenvalue weighted by atomic mass is 79.9. The summed E-state index contributed by atoms with van der Waals surface area (Å²) in [4.78, 5) is 0. The minimum atomic E-state index is 0.403. The normalized spacial score (nSPS) is 25.9. The van der Waals surface area contributed by atoms with Crippen molar-refractivity contribution < 1.29 is 0 Å². The largest absolute Gasteiger partial charge is 0.306 e. The third-order valence-electron chi connectivity index (χ3n) is 2.51. The van der Waals surface area contributed by atoms with Gasteiger partial charge in [-0.3, -0.25) is 0 Å². The lowest BCUT2D eigenvalue weighted by Gasteiger charge is -2.30. The van der Waals surface area contributed by atoms with Gasteiger partial charge in [0.05, 0.1) is 0 Å². The molecule has 1 rings (SSSR count). The quantitative estimate of drug-likeness (QED) is 0.763. The summed E-state index contributed by atoms with van der Waals surface area (Å²) in [7, 11) is 0. The first-order valence-corrected chi connectivity index (χ1v) is 6.18. The molecule has 84 valence electrons. The Morgan fingerprint density at radius 3 is 2.53 bits per heavy atom. The van der Waals surface area contributed by atoms with Crippen LogP contribution in [0.4, 0.5) is 0 Å². The highest BCUT2D eigenvalue weighted by Gasteiger charge is 2.21. The molecular formula is C13H20BrN. The molecule has 0 aromatic carbocycles. The summed E-state index contributed by atoms with van der Waals surface area (Å²) >= 11 is 3.61. The van der Waals surface area contributed by atoms with Crippen LogP contribution in [0.3, 0.4) is 0 Å². The van der Waals surface area contributed by atoms with Crippen LogP contribution in [-0.4, -0.2) is 12.1 Å². The van der Waals surface area contributed by atoms with Crippen molar-refractivity contribution in [2.24, 2.45) is 0 Å². The van der Waals surface area contributed by atoms with E-state index in [0.29, 0.717) is 12.1 Å². The molecule has 1 heterocycles. The van der Waals surface area contributed by atoms with Crippen LogP contribution in [0.1, 0.15) is 33.1 Å². The topological polar surface area (TPSA) is 12.0 Å². The third-order valence-corrected chi connectivity index (χ3v) is 3.39. The third kappa shape index (κ3) is 4.35. The summed E-state index contributed by atoms with van der Waals surface area (Å²) in [5.41, 5.74) is 2.46. The van der Waals surface area contributed by atoms with E-state index in [1.807, 2.05) is 0 Å². The zero-order chi connectivity index (χ0) is 11.4. The van der Waals surface area contributed by atoms with Crippen LogP contribution in [0.25, 0.3) is 0 Å². The zero-order valence-electron chi connectivity index (χ0n) is 9.65. The Labute approximate surface area is 101 Å². The van der Waals surface area contributed by atoms with Gasteiger partial charge in [-0.1, -0.05) is 33.2 Å². The van der Waals surface area contributed by atoms with Gasteiger partial charge in [0.2, 0.25) is 0 Å². The number of hydrogen-bond acceptors (Lipinski definition) is 1. The maximum absolute atomic E-state index is 3.96. The Morgan fingerprint density at radius 2 is 2.00 bits per heavy atom. The lowest BCUT2D eigenvalue weighted by molar-refractivity contribution is 0.442. The lowest BCUT2D eigenvalue weighted by Crippen LogP contribution is -2.41. The van der Waals surface area contributed by atoms with Crippen molar-refractivity contribution in [1.29, 1.82) is 0 Å². The van der Waals surface area contributed by atoms with Gasteiger partial charge in [-0.2, -0.15) is 0 Å². The molecule has 0 bridgehead atoms. The van der Waals surface area contributed by atoms with Gasteiger partial charge in [0, 0.05) is 16.6 Å². The molecule has 0 unspecified atom stereocenters. The molecule has 0 aromatic heterocycles. The predicted molar refractivity (Wildman–Crippen MR) is 71.2 cm³/mol. The molecule has 15 heavy (non-hydrogen) atoms. The molecule has 0 aliphatic carbocycles. The molecule has 1 aliphatic rings. The second kappa shape index (κ2) is 5.66. The summed E-state index contributed by atoms with van der Waals surface area (Å²) in [6.45, 7) is 12.1. The second-order valence-electron chi connectivity index (χ2n) is 4.56. The highest BCUT2D eigenvalue weighted by molar-refractivity contribution is 9.11. The SMILES string of the molecule is C=C(C)C[C@H]1CC=C(Br)[C@H](CC(=C)C)N1. The number of rotatable bonds is 4. The molecular weight excluding hydrogens is 250 g/mol. The number of nitrogens with one attached hydrogen (secondary N) is 1. The lowest BCUT2D eigenvalue weighted by atomic mass is 9.97. The summed E-state index contributed by atoms with van der Waals surface area (Å²) in [5.74, 6) is 0. The van der Waals surface area contributed by atoms with Gasteiger partial charge >= 0.3 is 0 Å². The van der Waals surface area contributed by atoms with E-state index in [9.17, 15) is 0 Å². The molecule has 1 nitrogen and oxygen atoms in total. The van der Waals surface area contributed by atoms with Gasteiger partial charge in [0.25, 0.3) is 0 Å². The Hall–Kier alpha value is -0.340. The van der Waals surface area contributed by atoms with E-state index in [-0.39, 0.29) is 0 Å². The van der Waals surface area contributed by atoms with Crippen molar-refractivity contribution in [3.63, 3.8) is 0 Å². The summed E-state index contributed by atoms with van der Waals surface area (Å²) in [6.07, 6.45) is 5.42. The summed E-state index contributed by atoms with van der Waals surface area (Å²) < 4.78 is 1.27. The first-order valence-electron chi connectivity index (χ1n) is 5.39. The standard InChI is InChI=1S/C13H20BrN/c1-9(2)7-11-5-6-12(14)13(15-11)8-10(3)4/h6,11,13,15H,1,3,5,7-8H2,2,4H3/t11-,13+/m1/s1. The smallest absolute Gasteiger partial charge is 0.0422 e. The highest BCUT2D eigenvalue weighted by Crippen LogP contribution is 2.25. The molecule has 0 fully saturated rings. The van der Waals surface area contributed by atoms with Crippen LogP contribution in [-0.2, 0) is 0 Å². The van der Waals surface area contributed by atoms with Crippen LogP contribution in [0.5, 0.6) is 0 Å². The Kier molecular flexibility index (Phi) is 4.81. The molecule has 2 atom stereocenters. The average molecular weight is 270 g/mol. The van der Waals surface area contributed by atoms with E-state index < -0.39 is 0 Å². The zero-order valence-corrected chi connectivity index (χ0v) is 11.2. The van der Waals surface area contributed by atoms with Gasteiger partial charge in [-0.15, -0.1) is 13.2 Å². The van der Waals surface area contributed by atoms with E-state index in [1.54, 1.807) is 0 Å². The van der Waals surface area contributed by atoms with Crippen LogP contribution in [0.2, 0.25) is 0 Å². The van der Waals surface area contributed by atoms with Gasteiger partial charge in [0.15, 0.2) is 0 Å². The van der Waals surface area contributed by atoms with E-state index in [1.165, 1.54) is 15.6 Å². The molecule has 1 aliphatic heterocycles. The van der Waals surface area contributed by atoms with Crippen molar-refractivity contribution in [2.75, 3.05) is 0 Å². The molecule has 0 spiro atoms. The molecule has 0 saturated heterocycles.